The number of hydrogen-bond acceptors (Lipinski definition) is 4. The number of benzene rings is 2. The van der Waals surface area contributed by atoms with Crippen molar-refractivity contribution in [3.63, 3.8) is 0 Å². The number of aryl methyl sites for hydroxylation is 1. The summed E-state index contributed by atoms with van der Waals surface area (Å²) in [7, 11) is -0.591. The molecule has 0 saturated heterocycles. The molecule has 0 bridgehead atoms. The molecule has 0 atom stereocenters. The summed E-state index contributed by atoms with van der Waals surface area (Å²) in [6, 6.07) is 13.8. The third-order valence-electron chi connectivity index (χ3n) is 3.72. The van der Waals surface area contributed by atoms with E-state index in [0.29, 0.717) is 11.1 Å². The Morgan fingerprint density at radius 2 is 1.83 bits per heavy atom. The zero-order valence-electron chi connectivity index (χ0n) is 12.8. The molecule has 3 rings (SSSR count). The fraction of sp³-hybridized carbons (Fsp3) is 0.188. The van der Waals surface area contributed by atoms with E-state index < -0.39 is 15.8 Å². The predicted molar refractivity (Wildman–Crippen MR) is 86.5 cm³/mol. The largest absolute Gasteiger partial charge is 0.419 e. The van der Waals surface area contributed by atoms with E-state index in [4.69, 9.17) is 4.42 Å². The van der Waals surface area contributed by atoms with Crippen molar-refractivity contribution in [2.75, 3.05) is 7.05 Å². The van der Waals surface area contributed by atoms with Crippen LogP contribution in [0.5, 0.6) is 0 Å². The van der Waals surface area contributed by atoms with E-state index in [1.165, 1.54) is 41.2 Å². The van der Waals surface area contributed by atoms with Crippen LogP contribution in [-0.4, -0.2) is 24.3 Å². The highest BCUT2D eigenvalue weighted by Gasteiger charge is 2.22. The lowest BCUT2D eigenvalue weighted by Crippen LogP contribution is -2.26. The lowest BCUT2D eigenvalue weighted by molar-refractivity contribution is 0.467. The van der Waals surface area contributed by atoms with Crippen molar-refractivity contribution in [2.24, 2.45) is 7.05 Å². The maximum atomic E-state index is 12.7. The highest BCUT2D eigenvalue weighted by molar-refractivity contribution is 7.89. The maximum Gasteiger partial charge on any atom is 0.419 e. The average Bonchev–Trinajstić information content (AvgIpc) is 2.82. The number of hydrogen-bond donors (Lipinski definition) is 0. The minimum absolute atomic E-state index is 0.125. The monoisotopic (exact) mass is 332 g/mol. The summed E-state index contributed by atoms with van der Waals surface area (Å²) >= 11 is 0. The molecule has 6 nitrogen and oxygen atoms in total. The summed E-state index contributed by atoms with van der Waals surface area (Å²) in [5.41, 5.74) is 1.71. The molecule has 0 amide bonds. The lowest BCUT2D eigenvalue weighted by atomic mass is 10.2. The van der Waals surface area contributed by atoms with Gasteiger partial charge in [-0.05, 0) is 23.8 Å². The van der Waals surface area contributed by atoms with E-state index in [0.717, 1.165) is 5.56 Å². The summed E-state index contributed by atoms with van der Waals surface area (Å²) in [5, 5.41) is 0. The number of aromatic nitrogens is 1. The first kappa shape index (κ1) is 15.5. The van der Waals surface area contributed by atoms with Gasteiger partial charge in [0.15, 0.2) is 5.58 Å². The first-order valence-electron chi connectivity index (χ1n) is 6.99. The van der Waals surface area contributed by atoms with Crippen molar-refractivity contribution in [1.29, 1.82) is 0 Å². The highest BCUT2D eigenvalue weighted by atomic mass is 32.2. The molecular weight excluding hydrogens is 316 g/mol. The van der Waals surface area contributed by atoms with Crippen LogP contribution >= 0.6 is 0 Å². The van der Waals surface area contributed by atoms with Gasteiger partial charge in [-0.2, -0.15) is 4.31 Å². The Morgan fingerprint density at radius 1 is 1.13 bits per heavy atom. The van der Waals surface area contributed by atoms with Crippen molar-refractivity contribution in [2.45, 2.75) is 11.4 Å². The minimum atomic E-state index is -3.66. The van der Waals surface area contributed by atoms with E-state index in [1.54, 1.807) is 0 Å². The van der Waals surface area contributed by atoms with Crippen LogP contribution in [0.1, 0.15) is 5.56 Å². The molecule has 0 N–H and O–H groups in total. The van der Waals surface area contributed by atoms with E-state index in [-0.39, 0.29) is 11.4 Å². The van der Waals surface area contributed by atoms with Gasteiger partial charge in [0.05, 0.1) is 10.4 Å². The standard InChI is InChI=1S/C16H16N2O4S/c1-17(11-12-6-4-3-5-7-12)23(20,21)13-8-9-15-14(10-13)18(2)16(19)22-15/h3-10H,11H2,1-2H3. The van der Waals surface area contributed by atoms with Crippen LogP contribution in [0.3, 0.4) is 0 Å². The molecular formula is C16H16N2O4S. The van der Waals surface area contributed by atoms with Gasteiger partial charge in [0.2, 0.25) is 10.0 Å². The molecule has 0 aliphatic heterocycles. The first-order valence-corrected chi connectivity index (χ1v) is 8.43. The van der Waals surface area contributed by atoms with Crippen LogP contribution in [0.4, 0.5) is 0 Å². The van der Waals surface area contributed by atoms with Crippen molar-refractivity contribution in [3.05, 3.63) is 64.6 Å². The molecule has 3 aromatic rings. The summed E-state index contributed by atoms with van der Waals surface area (Å²) in [4.78, 5) is 11.6. The Labute approximate surface area is 133 Å². The Kier molecular flexibility index (Phi) is 3.83. The van der Waals surface area contributed by atoms with Crippen LogP contribution in [0.2, 0.25) is 0 Å². The van der Waals surface area contributed by atoms with Crippen LogP contribution in [0.15, 0.2) is 62.6 Å². The Morgan fingerprint density at radius 3 is 2.52 bits per heavy atom. The second-order valence-corrected chi connectivity index (χ2v) is 7.35. The molecule has 0 radical (unpaired) electrons. The van der Waals surface area contributed by atoms with Gasteiger partial charge in [-0.3, -0.25) is 4.57 Å². The van der Waals surface area contributed by atoms with Gasteiger partial charge in [0.1, 0.15) is 0 Å². The predicted octanol–water partition coefficient (Wildman–Crippen LogP) is 1.95. The Bertz CT molecular complexity index is 1000. The van der Waals surface area contributed by atoms with Gasteiger partial charge in [-0.15, -0.1) is 0 Å². The quantitative estimate of drug-likeness (QED) is 0.732. The molecule has 2 aromatic carbocycles. The minimum Gasteiger partial charge on any atom is -0.408 e. The molecule has 1 aromatic heterocycles. The smallest absolute Gasteiger partial charge is 0.408 e. The van der Waals surface area contributed by atoms with E-state index in [9.17, 15) is 13.2 Å². The van der Waals surface area contributed by atoms with Gasteiger partial charge in [0, 0.05) is 20.6 Å². The van der Waals surface area contributed by atoms with Crippen molar-refractivity contribution >= 4 is 21.1 Å². The molecule has 0 fully saturated rings. The van der Waals surface area contributed by atoms with Crippen LogP contribution in [0.25, 0.3) is 11.1 Å². The third kappa shape index (κ3) is 2.80. The molecule has 0 aliphatic carbocycles. The van der Waals surface area contributed by atoms with Crippen LogP contribution in [-0.2, 0) is 23.6 Å². The zero-order valence-corrected chi connectivity index (χ0v) is 13.6. The molecule has 0 spiro atoms. The molecule has 120 valence electrons. The van der Waals surface area contributed by atoms with E-state index in [1.807, 2.05) is 30.3 Å². The lowest BCUT2D eigenvalue weighted by Gasteiger charge is -2.17. The fourth-order valence-electron chi connectivity index (χ4n) is 2.37. The molecule has 0 aliphatic rings. The molecule has 0 unspecified atom stereocenters. The number of fused-ring (bicyclic) bond motifs is 1. The van der Waals surface area contributed by atoms with Crippen molar-refractivity contribution < 1.29 is 12.8 Å². The normalized spacial score (nSPS) is 12.1. The zero-order chi connectivity index (χ0) is 16.6. The molecule has 23 heavy (non-hydrogen) atoms. The van der Waals surface area contributed by atoms with E-state index in [2.05, 4.69) is 0 Å². The molecule has 1 heterocycles. The van der Waals surface area contributed by atoms with Crippen LogP contribution in [0, 0.1) is 0 Å². The van der Waals surface area contributed by atoms with Gasteiger partial charge in [-0.1, -0.05) is 30.3 Å². The van der Waals surface area contributed by atoms with Gasteiger partial charge in [-0.25, -0.2) is 13.2 Å². The topological polar surface area (TPSA) is 72.5 Å². The average molecular weight is 332 g/mol. The highest BCUT2D eigenvalue weighted by Crippen LogP contribution is 2.21. The summed E-state index contributed by atoms with van der Waals surface area (Å²) in [6.45, 7) is 0.269. The van der Waals surface area contributed by atoms with Gasteiger partial charge < -0.3 is 4.42 Å². The number of rotatable bonds is 4. The molecule has 0 saturated carbocycles. The third-order valence-corrected chi connectivity index (χ3v) is 5.52. The Hall–Kier alpha value is -2.38. The summed E-state index contributed by atoms with van der Waals surface area (Å²) in [6.07, 6.45) is 0. The van der Waals surface area contributed by atoms with Gasteiger partial charge >= 0.3 is 5.76 Å². The van der Waals surface area contributed by atoms with Crippen molar-refractivity contribution in [1.82, 2.24) is 8.87 Å². The fourth-order valence-corrected chi connectivity index (χ4v) is 3.55. The SMILES string of the molecule is CN(Cc1ccccc1)S(=O)(=O)c1ccc2oc(=O)n(C)c2c1. The maximum absolute atomic E-state index is 12.7. The number of oxazole rings is 1. The first-order chi connectivity index (χ1) is 10.9. The molecule has 7 heteroatoms. The van der Waals surface area contributed by atoms with Crippen LogP contribution < -0.4 is 5.76 Å². The second-order valence-electron chi connectivity index (χ2n) is 5.30. The summed E-state index contributed by atoms with van der Waals surface area (Å²) in [5.74, 6) is -0.521. The van der Waals surface area contributed by atoms with Gasteiger partial charge in [0.25, 0.3) is 0 Å². The number of nitrogens with zero attached hydrogens (tertiary/aromatic N) is 2. The Balaban J connectivity index is 1.98. The van der Waals surface area contributed by atoms with E-state index >= 15 is 0 Å². The van der Waals surface area contributed by atoms with Crippen molar-refractivity contribution in [3.8, 4) is 0 Å². The summed E-state index contributed by atoms with van der Waals surface area (Å²) < 4.78 is 33.0. The second kappa shape index (κ2) is 5.68. The number of sulfonamides is 1.